The number of likely N-dealkylation sites (tertiary alicyclic amines) is 2. The van der Waals surface area contributed by atoms with Crippen LogP contribution < -0.4 is 0 Å². The number of carboxylic acid groups (broad SMARTS) is 1. The number of carbonyl (C=O) groups excluding carboxylic acids is 1. The monoisotopic (exact) mass is 349 g/mol. The average molecular weight is 349 g/mol. The second-order valence-corrected chi connectivity index (χ2v) is 7.71. The van der Waals surface area contributed by atoms with Crippen LogP contribution in [0.1, 0.15) is 30.5 Å². The zero-order valence-electron chi connectivity index (χ0n) is 14.5. The van der Waals surface area contributed by atoms with Crippen LogP contribution in [0.15, 0.2) is 4.52 Å². The van der Waals surface area contributed by atoms with E-state index in [-0.39, 0.29) is 18.5 Å². The molecule has 136 valence electrons. The minimum atomic E-state index is -0.908. The van der Waals surface area contributed by atoms with Crippen LogP contribution in [-0.2, 0) is 11.3 Å². The molecule has 0 spiro atoms. The molecule has 0 unspecified atom stereocenters. The van der Waals surface area contributed by atoms with Gasteiger partial charge in [-0.2, -0.15) is 4.98 Å². The van der Waals surface area contributed by atoms with Gasteiger partial charge >= 0.3 is 12.0 Å². The molecule has 9 nitrogen and oxygen atoms in total. The number of nitrogens with zero attached hydrogens (tertiary/aromatic N) is 5. The smallest absolute Gasteiger partial charge is 0.319 e. The van der Waals surface area contributed by atoms with Crippen LogP contribution in [0.25, 0.3) is 0 Å². The number of hydrogen-bond donors (Lipinski definition) is 1. The van der Waals surface area contributed by atoms with E-state index >= 15 is 0 Å². The maximum absolute atomic E-state index is 12.2. The predicted octanol–water partition coefficient (Wildman–Crippen LogP) is 0.447. The number of urea groups is 1. The highest BCUT2D eigenvalue weighted by atomic mass is 16.5. The van der Waals surface area contributed by atoms with Crippen LogP contribution in [0.5, 0.6) is 0 Å². The van der Waals surface area contributed by atoms with Crippen molar-refractivity contribution in [2.75, 3.05) is 40.3 Å². The standard InChI is InChI=1S/C16H23N5O4/c1-19(2)15(24)21-6-11-5-20(8-16(11,9-21)14(22)23)7-12-17-13(25-18-12)10-3-4-10/h10-11H,3-9H2,1-2H3,(H,22,23)/t11-,16-/m1/s1. The van der Waals surface area contributed by atoms with Gasteiger partial charge in [0.25, 0.3) is 0 Å². The fraction of sp³-hybridized carbons (Fsp3) is 0.750. The van der Waals surface area contributed by atoms with E-state index < -0.39 is 11.4 Å². The molecule has 3 heterocycles. The molecular formula is C16H23N5O4. The van der Waals surface area contributed by atoms with Gasteiger partial charge < -0.3 is 19.4 Å². The van der Waals surface area contributed by atoms with E-state index in [1.807, 2.05) is 0 Å². The Morgan fingerprint density at radius 1 is 1.32 bits per heavy atom. The van der Waals surface area contributed by atoms with Crippen LogP contribution in [-0.4, -0.2) is 82.2 Å². The highest BCUT2D eigenvalue weighted by molar-refractivity contribution is 5.80. The number of aliphatic carboxylic acids is 1. The SMILES string of the molecule is CN(C)C(=O)N1C[C@H]2CN(Cc3noc(C4CC4)n3)C[C@@]2(C(=O)O)C1. The molecule has 0 bridgehead atoms. The van der Waals surface area contributed by atoms with Crippen molar-refractivity contribution in [3.05, 3.63) is 11.7 Å². The number of aromatic nitrogens is 2. The first kappa shape index (κ1) is 16.3. The molecule has 0 radical (unpaired) electrons. The molecule has 1 aromatic rings. The zero-order chi connectivity index (χ0) is 17.8. The van der Waals surface area contributed by atoms with E-state index in [0.717, 1.165) is 12.8 Å². The molecule has 1 saturated carbocycles. The maximum Gasteiger partial charge on any atom is 0.319 e. The number of amides is 2. The number of fused-ring (bicyclic) bond motifs is 1. The van der Waals surface area contributed by atoms with Gasteiger partial charge in [0.2, 0.25) is 5.89 Å². The highest BCUT2D eigenvalue weighted by Gasteiger charge is 2.58. The summed E-state index contributed by atoms with van der Waals surface area (Å²) < 4.78 is 5.28. The lowest BCUT2D eigenvalue weighted by molar-refractivity contribution is -0.148. The normalized spacial score (nSPS) is 29.0. The lowest BCUT2D eigenvalue weighted by Gasteiger charge is -2.26. The Balaban J connectivity index is 1.45. The Labute approximate surface area is 145 Å². The summed E-state index contributed by atoms with van der Waals surface area (Å²) in [4.78, 5) is 33.8. The van der Waals surface area contributed by atoms with Gasteiger partial charge in [-0.05, 0) is 12.8 Å². The number of carbonyl (C=O) groups is 2. The van der Waals surface area contributed by atoms with Crippen molar-refractivity contribution in [2.45, 2.75) is 25.3 Å². The lowest BCUT2D eigenvalue weighted by atomic mass is 9.81. The molecule has 1 aliphatic carbocycles. The molecule has 2 aliphatic heterocycles. The molecule has 0 aromatic carbocycles. The molecule has 3 aliphatic rings. The predicted molar refractivity (Wildman–Crippen MR) is 85.8 cm³/mol. The molecule has 2 saturated heterocycles. The largest absolute Gasteiger partial charge is 0.481 e. The summed E-state index contributed by atoms with van der Waals surface area (Å²) in [5, 5.41) is 13.9. The van der Waals surface area contributed by atoms with Crippen LogP contribution in [0, 0.1) is 11.3 Å². The van der Waals surface area contributed by atoms with Gasteiger partial charge in [0.1, 0.15) is 5.41 Å². The van der Waals surface area contributed by atoms with Crippen LogP contribution >= 0.6 is 0 Å². The molecule has 9 heteroatoms. The molecule has 1 aromatic heterocycles. The Bertz CT molecular complexity index is 700. The topological polar surface area (TPSA) is 103 Å². The molecule has 25 heavy (non-hydrogen) atoms. The highest BCUT2D eigenvalue weighted by Crippen LogP contribution is 2.43. The Kier molecular flexibility index (Phi) is 3.71. The van der Waals surface area contributed by atoms with Gasteiger partial charge in [-0.25, -0.2) is 4.79 Å². The van der Waals surface area contributed by atoms with E-state index in [2.05, 4.69) is 15.0 Å². The summed E-state index contributed by atoms with van der Waals surface area (Å²) >= 11 is 0. The number of hydrogen-bond acceptors (Lipinski definition) is 6. The van der Waals surface area contributed by atoms with Crippen molar-refractivity contribution in [1.82, 2.24) is 24.8 Å². The average Bonchev–Trinajstić information content (AvgIpc) is 3.04. The van der Waals surface area contributed by atoms with Crippen LogP contribution in [0.2, 0.25) is 0 Å². The fourth-order valence-corrected chi connectivity index (χ4v) is 4.05. The molecule has 1 N–H and O–H groups in total. The maximum atomic E-state index is 12.2. The van der Waals surface area contributed by atoms with E-state index in [9.17, 15) is 14.7 Å². The molecular weight excluding hydrogens is 326 g/mol. The van der Waals surface area contributed by atoms with Crippen LogP contribution in [0.3, 0.4) is 0 Å². The van der Waals surface area contributed by atoms with Crippen molar-refractivity contribution >= 4 is 12.0 Å². The minimum absolute atomic E-state index is 0.0799. The van der Waals surface area contributed by atoms with E-state index in [1.54, 1.807) is 19.0 Å². The molecule has 2 amide bonds. The van der Waals surface area contributed by atoms with E-state index in [4.69, 9.17) is 4.52 Å². The van der Waals surface area contributed by atoms with Crippen LogP contribution in [0.4, 0.5) is 4.79 Å². The molecule has 3 fully saturated rings. The van der Waals surface area contributed by atoms with Crippen molar-refractivity contribution in [1.29, 1.82) is 0 Å². The summed E-state index contributed by atoms with van der Waals surface area (Å²) in [5.41, 5.74) is -0.908. The van der Waals surface area contributed by atoms with Crippen molar-refractivity contribution < 1.29 is 19.2 Å². The van der Waals surface area contributed by atoms with Crippen molar-refractivity contribution in [3.63, 3.8) is 0 Å². The Morgan fingerprint density at radius 2 is 2.08 bits per heavy atom. The third-order valence-electron chi connectivity index (χ3n) is 5.53. The summed E-state index contributed by atoms with van der Waals surface area (Å²) in [6.07, 6.45) is 2.20. The number of carboxylic acids is 1. The third-order valence-corrected chi connectivity index (χ3v) is 5.53. The second-order valence-electron chi connectivity index (χ2n) is 7.71. The van der Waals surface area contributed by atoms with Crippen molar-refractivity contribution in [3.8, 4) is 0 Å². The van der Waals surface area contributed by atoms with E-state index in [0.29, 0.717) is 43.8 Å². The summed E-state index contributed by atoms with van der Waals surface area (Å²) in [7, 11) is 3.37. The summed E-state index contributed by atoms with van der Waals surface area (Å²) in [6.45, 7) is 2.23. The fourth-order valence-electron chi connectivity index (χ4n) is 4.05. The van der Waals surface area contributed by atoms with Crippen molar-refractivity contribution in [2.24, 2.45) is 11.3 Å². The molecule has 2 atom stereocenters. The van der Waals surface area contributed by atoms with E-state index in [1.165, 1.54) is 4.90 Å². The first-order chi connectivity index (χ1) is 11.9. The quantitative estimate of drug-likeness (QED) is 0.841. The molecule has 4 rings (SSSR count). The first-order valence-electron chi connectivity index (χ1n) is 8.63. The minimum Gasteiger partial charge on any atom is -0.481 e. The van der Waals surface area contributed by atoms with Gasteiger partial charge in [0, 0.05) is 52.1 Å². The van der Waals surface area contributed by atoms with Gasteiger partial charge in [-0.3, -0.25) is 9.69 Å². The first-order valence-corrected chi connectivity index (χ1v) is 8.63. The van der Waals surface area contributed by atoms with Gasteiger partial charge in [0.05, 0.1) is 6.54 Å². The Morgan fingerprint density at radius 3 is 2.68 bits per heavy atom. The van der Waals surface area contributed by atoms with Gasteiger partial charge in [0.15, 0.2) is 5.82 Å². The Hall–Kier alpha value is -2.16. The summed E-state index contributed by atoms with van der Waals surface area (Å²) in [5.74, 6) is 0.813. The third kappa shape index (κ3) is 2.76. The number of rotatable bonds is 4. The van der Waals surface area contributed by atoms with Gasteiger partial charge in [-0.1, -0.05) is 5.16 Å². The zero-order valence-corrected chi connectivity index (χ0v) is 14.5. The summed E-state index contributed by atoms with van der Waals surface area (Å²) in [6, 6.07) is -0.131. The lowest BCUT2D eigenvalue weighted by Crippen LogP contribution is -2.44. The second kappa shape index (κ2) is 5.69. The van der Waals surface area contributed by atoms with Gasteiger partial charge in [-0.15, -0.1) is 0 Å².